The van der Waals surface area contributed by atoms with Crippen molar-refractivity contribution in [2.75, 3.05) is 6.54 Å². The molecule has 3 rings (SSSR count). The van der Waals surface area contributed by atoms with Crippen LogP contribution in [0.5, 0.6) is 0 Å². The summed E-state index contributed by atoms with van der Waals surface area (Å²) < 4.78 is 4.81. The van der Waals surface area contributed by atoms with Crippen LogP contribution in [0.4, 0.5) is 0 Å². The van der Waals surface area contributed by atoms with E-state index in [4.69, 9.17) is 4.52 Å². The van der Waals surface area contributed by atoms with Gasteiger partial charge >= 0.3 is 0 Å². The van der Waals surface area contributed by atoms with E-state index in [0.717, 1.165) is 29.5 Å². The smallest absolute Gasteiger partial charge is 0.232 e. The predicted molar refractivity (Wildman–Crippen MR) is 92.6 cm³/mol. The number of rotatable bonds is 7. The molecule has 4 nitrogen and oxygen atoms in total. The Bertz CT molecular complexity index is 700. The van der Waals surface area contributed by atoms with Crippen molar-refractivity contribution in [2.24, 2.45) is 0 Å². The van der Waals surface area contributed by atoms with Crippen molar-refractivity contribution in [1.82, 2.24) is 10.5 Å². The second-order valence-corrected chi connectivity index (χ2v) is 5.68. The molecule has 0 spiro atoms. The number of hydrogen-bond donors (Lipinski definition) is 1. The molecule has 2 aromatic carbocycles. The molecule has 122 valence electrons. The first-order valence-electron chi connectivity index (χ1n) is 8.10. The van der Waals surface area contributed by atoms with Gasteiger partial charge in [0.25, 0.3) is 0 Å². The van der Waals surface area contributed by atoms with E-state index < -0.39 is 0 Å². The summed E-state index contributed by atoms with van der Waals surface area (Å²) in [5.74, 6) is -0.263. The fraction of sp³-hybridized carbons (Fsp3) is 0.200. The molecule has 0 fully saturated rings. The number of benzene rings is 2. The summed E-state index contributed by atoms with van der Waals surface area (Å²) >= 11 is 0. The molecule has 1 heterocycles. The molecule has 0 aliphatic carbocycles. The zero-order valence-electron chi connectivity index (χ0n) is 13.4. The molecule has 0 saturated heterocycles. The molecule has 0 aliphatic rings. The largest absolute Gasteiger partial charge is 0.364 e. The number of hydrogen-bond acceptors (Lipinski definition) is 3. The summed E-state index contributed by atoms with van der Waals surface area (Å²) in [5.41, 5.74) is 3.05. The van der Waals surface area contributed by atoms with E-state index in [0.29, 0.717) is 6.54 Å². The van der Waals surface area contributed by atoms with Crippen LogP contribution >= 0.6 is 0 Å². The molecule has 3 aromatic rings. The fourth-order valence-electron chi connectivity index (χ4n) is 2.74. The Morgan fingerprint density at radius 3 is 2.17 bits per heavy atom. The molecular weight excluding hydrogens is 300 g/mol. The van der Waals surface area contributed by atoms with Crippen LogP contribution in [0, 0.1) is 0 Å². The highest BCUT2D eigenvalue weighted by Crippen LogP contribution is 2.24. The Labute approximate surface area is 141 Å². The second-order valence-electron chi connectivity index (χ2n) is 5.68. The van der Waals surface area contributed by atoms with Crippen LogP contribution < -0.4 is 5.32 Å². The van der Waals surface area contributed by atoms with Gasteiger partial charge in [-0.15, -0.1) is 0 Å². The van der Waals surface area contributed by atoms with E-state index in [2.05, 4.69) is 10.5 Å². The van der Waals surface area contributed by atoms with Crippen molar-refractivity contribution in [3.05, 3.63) is 89.8 Å². The minimum Gasteiger partial charge on any atom is -0.364 e. The van der Waals surface area contributed by atoms with E-state index in [1.165, 1.54) is 0 Å². The number of aryl methyl sites for hydroxylation is 1. The summed E-state index contributed by atoms with van der Waals surface area (Å²) in [4.78, 5) is 12.8. The third-order valence-corrected chi connectivity index (χ3v) is 3.95. The maximum Gasteiger partial charge on any atom is 0.232 e. The van der Waals surface area contributed by atoms with Crippen LogP contribution in [-0.2, 0) is 11.2 Å². The minimum atomic E-state index is -0.289. The minimum absolute atomic E-state index is 0.0257. The first kappa shape index (κ1) is 16.0. The van der Waals surface area contributed by atoms with Crippen molar-refractivity contribution in [3.63, 3.8) is 0 Å². The molecule has 0 atom stereocenters. The highest BCUT2D eigenvalue weighted by molar-refractivity contribution is 5.87. The van der Waals surface area contributed by atoms with E-state index in [9.17, 15) is 4.79 Å². The normalized spacial score (nSPS) is 10.7. The molecule has 0 bridgehead atoms. The quantitative estimate of drug-likeness (QED) is 0.677. The third-order valence-electron chi connectivity index (χ3n) is 3.95. The molecule has 1 amide bonds. The molecule has 24 heavy (non-hydrogen) atoms. The standard InChI is InChI=1S/C20H20N2O2/c23-20(21-13-7-8-16-14-22-24-15-16)19(17-9-3-1-4-10-17)18-11-5-2-6-12-18/h1-6,9-12,14-15,19H,7-8,13H2,(H,21,23). The molecule has 0 aliphatic heterocycles. The summed E-state index contributed by atoms with van der Waals surface area (Å²) in [6, 6.07) is 19.8. The van der Waals surface area contributed by atoms with Crippen molar-refractivity contribution in [3.8, 4) is 0 Å². The van der Waals surface area contributed by atoms with Gasteiger partial charge in [0.1, 0.15) is 6.26 Å². The second kappa shape index (κ2) is 8.11. The van der Waals surface area contributed by atoms with Gasteiger partial charge in [-0.3, -0.25) is 4.79 Å². The van der Waals surface area contributed by atoms with Crippen molar-refractivity contribution in [1.29, 1.82) is 0 Å². The number of carbonyl (C=O) groups excluding carboxylic acids is 1. The molecular formula is C20H20N2O2. The van der Waals surface area contributed by atoms with Gasteiger partial charge in [-0.05, 0) is 24.0 Å². The van der Waals surface area contributed by atoms with E-state index >= 15 is 0 Å². The topological polar surface area (TPSA) is 55.1 Å². The van der Waals surface area contributed by atoms with Gasteiger partial charge in [0.05, 0.1) is 12.1 Å². The summed E-state index contributed by atoms with van der Waals surface area (Å²) in [5, 5.41) is 6.73. The average molecular weight is 320 g/mol. The molecule has 0 saturated carbocycles. The van der Waals surface area contributed by atoms with Gasteiger partial charge in [-0.25, -0.2) is 0 Å². The number of carbonyl (C=O) groups is 1. The van der Waals surface area contributed by atoms with Crippen LogP contribution in [0.1, 0.15) is 29.0 Å². The van der Waals surface area contributed by atoms with E-state index in [1.54, 1.807) is 12.5 Å². The number of amides is 1. The van der Waals surface area contributed by atoms with Gasteiger partial charge in [0.15, 0.2) is 0 Å². The number of nitrogens with one attached hydrogen (secondary N) is 1. The average Bonchev–Trinajstić information content (AvgIpc) is 3.14. The van der Waals surface area contributed by atoms with Crippen LogP contribution in [-0.4, -0.2) is 17.6 Å². The van der Waals surface area contributed by atoms with Gasteiger partial charge in [0, 0.05) is 12.1 Å². The monoisotopic (exact) mass is 320 g/mol. The Kier molecular flexibility index (Phi) is 5.40. The van der Waals surface area contributed by atoms with Crippen molar-refractivity contribution in [2.45, 2.75) is 18.8 Å². The Balaban J connectivity index is 1.65. The van der Waals surface area contributed by atoms with Crippen LogP contribution in [0.3, 0.4) is 0 Å². The molecule has 0 unspecified atom stereocenters. The Hall–Kier alpha value is -2.88. The highest BCUT2D eigenvalue weighted by atomic mass is 16.5. The zero-order valence-corrected chi connectivity index (χ0v) is 13.4. The predicted octanol–water partition coefficient (Wildman–Crippen LogP) is 3.56. The van der Waals surface area contributed by atoms with Gasteiger partial charge < -0.3 is 9.84 Å². The lowest BCUT2D eigenvalue weighted by atomic mass is 9.90. The van der Waals surface area contributed by atoms with Crippen molar-refractivity contribution >= 4 is 5.91 Å². The first-order chi connectivity index (χ1) is 11.8. The van der Waals surface area contributed by atoms with E-state index in [-0.39, 0.29) is 11.8 Å². The first-order valence-corrected chi connectivity index (χ1v) is 8.10. The lowest BCUT2D eigenvalue weighted by molar-refractivity contribution is -0.121. The maximum atomic E-state index is 12.8. The molecule has 1 N–H and O–H groups in total. The number of nitrogens with zero attached hydrogens (tertiary/aromatic N) is 1. The lowest BCUT2D eigenvalue weighted by Gasteiger charge is -2.17. The Morgan fingerprint density at radius 2 is 1.62 bits per heavy atom. The van der Waals surface area contributed by atoms with Crippen LogP contribution in [0.15, 0.2) is 77.6 Å². The third kappa shape index (κ3) is 4.10. The number of aromatic nitrogens is 1. The lowest BCUT2D eigenvalue weighted by Crippen LogP contribution is -2.31. The zero-order chi connectivity index (χ0) is 16.6. The molecule has 0 radical (unpaired) electrons. The van der Waals surface area contributed by atoms with Gasteiger partial charge in [-0.1, -0.05) is 65.8 Å². The fourth-order valence-corrected chi connectivity index (χ4v) is 2.74. The summed E-state index contributed by atoms with van der Waals surface area (Å²) in [7, 11) is 0. The van der Waals surface area contributed by atoms with Gasteiger partial charge in [0.2, 0.25) is 5.91 Å². The van der Waals surface area contributed by atoms with Crippen LogP contribution in [0.2, 0.25) is 0 Å². The van der Waals surface area contributed by atoms with Crippen molar-refractivity contribution < 1.29 is 9.32 Å². The van der Waals surface area contributed by atoms with E-state index in [1.807, 2.05) is 60.7 Å². The maximum absolute atomic E-state index is 12.8. The SMILES string of the molecule is O=C(NCCCc1cnoc1)C(c1ccccc1)c1ccccc1. The molecule has 4 heteroatoms. The molecule has 1 aromatic heterocycles. The summed E-state index contributed by atoms with van der Waals surface area (Å²) in [6.07, 6.45) is 5.03. The van der Waals surface area contributed by atoms with Crippen LogP contribution in [0.25, 0.3) is 0 Å². The van der Waals surface area contributed by atoms with Gasteiger partial charge in [-0.2, -0.15) is 0 Å². The Morgan fingerprint density at radius 1 is 1.00 bits per heavy atom. The summed E-state index contributed by atoms with van der Waals surface area (Å²) in [6.45, 7) is 0.625. The highest BCUT2D eigenvalue weighted by Gasteiger charge is 2.21.